The standard InChI is InChI=1S/C15H26N2O2/c1-4-11(5-2)10-17-9-8-13(18)16-15(3,14(17)19)12-6-7-12/h11-12H,4-10H2,1-3H3,(H,16,18). The van der Waals surface area contributed by atoms with Gasteiger partial charge in [0, 0.05) is 19.5 Å². The summed E-state index contributed by atoms with van der Waals surface area (Å²) in [5.41, 5.74) is -0.653. The van der Waals surface area contributed by atoms with Gasteiger partial charge in [-0.3, -0.25) is 9.59 Å². The van der Waals surface area contributed by atoms with E-state index in [1.54, 1.807) is 0 Å². The highest BCUT2D eigenvalue weighted by Gasteiger charge is 2.51. The summed E-state index contributed by atoms with van der Waals surface area (Å²) < 4.78 is 0. The zero-order valence-corrected chi connectivity index (χ0v) is 12.4. The maximum atomic E-state index is 12.8. The molecule has 1 saturated heterocycles. The summed E-state index contributed by atoms with van der Waals surface area (Å²) in [4.78, 5) is 26.6. The van der Waals surface area contributed by atoms with E-state index in [1.807, 2.05) is 11.8 Å². The van der Waals surface area contributed by atoms with Crippen molar-refractivity contribution in [1.29, 1.82) is 0 Å². The molecule has 0 radical (unpaired) electrons. The lowest BCUT2D eigenvalue weighted by molar-refractivity contribution is -0.139. The number of amides is 2. The molecule has 0 spiro atoms. The number of nitrogens with one attached hydrogen (secondary N) is 1. The van der Waals surface area contributed by atoms with E-state index in [-0.39, 0.29) is 11.8 Å². The molecule has 1 N–H and O–H groups in total. The highest BCUT2D eigenvalue weighted by Crippen LogP contribution is 2.41. The van der Waals surface area contributed by atoms with Crippen LogP contribution < -0.4 is 5.32 Å². The van der Waals surface area contributed by atoms with Gasteiger partial charge in [0.15, 0.2) is 0 Å². The number of carbonyl (C=O) groups is 2. The smallest absolute Gasteiger partial charge is 0.248 e. The summed E-state index contributed by atoms with van der Waals surface area (Å²) in [5.74, 6) is 1.04. The van der Waals surface area contributed by atoms with Gasteiger partial charge in [-0.25, -0.2) is 0 Å². The van der Waals surface area contributed by atoms with E-state index in [1.165, 1.54) is 0 Å². The second-order valence-electron chi connectivity index (χ2n) is 6.21. The van der Waals surface area contributed by atoms with Crippen molar-refractivity contribution in [3.8, 4) is 0 Å². The van der Waals surface area contributed by atoms with Crippen LogP contribution in [0.5, 0.6) is 0 Å². The molecule has 1 unspecified atom stereocenters. The normalized spacial score (nSPS) is 28.5. The molecular formula is C15H26N2O2. The summed E-state index contributed by atoms with van der Waals surface area (Å²) >= 11 is 0. The summed E-state index contributed by atoms with van der Waals surface area (Å²) in [6, 6.07) is 0. The number of hydrogen-bond donors (Lipinski definition) is 1. The molecule has 0 aromatic heterocycles. The molecule has 2 rings (SSSR count). The molecule has 108 valence electrons. The molecule has 2 aliphatic rings. The van der Waals surface area contributed by atoms with E-state index in [2.05, 4.69) is 19.2 Å². The highest BCUT2D eigenvalue weighted by molar-refractivity contribution is 5.93. The third-order valence-electron chi connectivity index (χ3n) is 4.77. The Morgan fingerprint density at radius 2 is 1.95 bits per heavy atom. The van der Waals surface area contributed by atoms with Crippen molar-refractivity contribution in [2.75, 3.05) is 13.1 Å². The largest absolute Gasteiger partial charge is 0.342 e. The van der Waals surface area contributed by atoms with Crippen LogP contribution in [0.1, 0.15) is 52.9 Å². The average molecular weight is 266 g/mol. The fourth-order valence-corrected chi connectivity index (χ4v) is 3.04. The second-order valence-corrected chi connectivity index (χ2v) is 6.21. The number of rotatable bonds is 5. The molecule has 1 saturated carbocycles. The molecule has 1 heterocycles. The molecule has 0 bridgehead atoms. The predicted octanol–water partition coefficient (Wildman–Crippen LogP) is 1.94. The van der Waals surface area contributed by atoms with Crippen molar-refractivity contribution >= 4 is 11.8 Å². The van der Waals surface area contributed by atoms with Crippen LogP contribution in [0.25, 0.3) is 0 Å². The van der Waals surface area contributed by atoms with Gasteiger partial charge in [-0.1, -0.05) is 26.7 Å². The average Bonchev–Trinajstić information content (AvgIpc) is 3.22. The molecular weight excluding hydrogens is 240 g/mol. The van der Waals surface area contributed by atoms with E-state index in [0.717, 1.165) is 32.2 Å². The van der Waals surface area contributed by atoms with Crippen LogP contribution in [-0.4, -0.2) is 35.3 Å². The molecule has 19 heavy (non-hydrogen) atoms. The maximum Gasteiger partial charge on any atom is 0.248 e. The molecule has 0 aromatic rings. The molecule has 1 aliphatic heterocycles. The van der Waals surface area contributed by atoms with Crippen LogP contribution >= 0.6 is 0 Å². The first-order valence-corrected chi connectivity index (χ1v) is 7.61. The van der Waals surface area contributed by atoms with E-state index in [0.29, 0.717) is 24.8 Å². The summed E-state index contributed by atoms with van der Waals surface area (Å²) in [5, 5.41) is 2.98. The lowest BCUT2D eigenvalue weighted by atomic mass is 9.93. The van der Waals surface area contributed by atoms with Crippen molar-refractivity contribution in [3.05, 3.63) is 0 Å². The first-order valence-electron chi connectivity index (χ1n) is 7.61. The molecule has 2 amide bonds. The van der Waals surface area contributed by atoms with Gasteiger partial charge in [0.1, 0.15) is 5.54 Å². The summed E-state index contributed by atoms with van der Waals surface area (Å²) in [6.45, 7) is 7.61. The van der Waals surface area contributed by atoms with E-state index >= 15 is 0 Å². The van der Waals surface area contributed by atoms with Crippen LogP contribution in [0.3, 0.4) is 0 Å². The Hall–Kier alpha value is -1.06. The Kier molecular flexibility index (Phi) is 4.16. The van der Waals surface area contributed by atoms with E-state index in [9.17, 15) is 9.59 Å². The molecule has 1 aliphatic carbocycles. The molecule has 0 aromatic carbocycles. The third-order valence-corrected chi connectivity index (χ3v) is 4.77. The van der Waals surface area contributed by atoms with Gasteiger partial charge in [0.05, 0.1) is 0 Å². The number of hydrogen-bond acceptors (Lipinski definition) is 2. The van der Waals surface area contributed by atoms with Gasteiger partial charge in [-0.15, -0.1) is 0 Å². The second kappa shape index (κ2) is 5.51. The fourth-order valence-electron chi connectivity index (χ4n) is 3.04. The predicted molar refractivity (Wildman–Crippen MR) is 74.5 cm³/mol. The molecule has 1 atom stereocenters. The monoisotopic (exact) mass is 266 g/mol. The minimum atomic E-state index is -0.653. The van der Waals surface area contributed by atoms with Crippen molar-refractivity contribution in [3.63, 3.8) is 0 Å². The van der Waals surface area contributed by atoms with Crippen LogP contribution in [0.2, 0.25) is 0 Å². The van der Waals surface area contributed by atoms with Crippen molar-refractivity contribution in [2.24, 2.45) is 11.8 Å². The first-order chi connectivity index (χ1) is 9.01. The van der Waals surface area contributed by atoms with Crippen molar-refractivity contribution in [1.82, 2.24) is 10.2 Å². The van der Waals surface area contributed by atoms with Gasteiger partial charge < -0.3 is 10.2 Å². The lowest BCUT2D eigenvalue weighted by Crippen LogP contribution is -2.57. The zero-order valence-electron chi connectivity index (χ0n) is 12.4. The Balaban J connectivity index is 2.14. The van der Waals surface area contributed by atoms with E-state index < -0.39 is 5.54 Å². The van der Waals surface area contributed by atoms with Crippen molar-refractivity contribution in [2.45, 2.75) is 58.4 Å². The zero-order chi connectivity index (χ0) is 14.0. The molecule has 2 fully saturated rings. The third kappa shape index (κ3) is 2.93. The Morgan fingerprint density at radius 1 is 1.32 bits per heavy atom. The van der Waals surface area contributed by atoms with Gasteiger partial charge >= 0.3 is 0 Å². The topological polar surface area (TPSA) is 49.4 Å². The SMILES string of the molecule is CCC(CC)CN1CCC(=O)NC(C)(C2CC2)C1=O. The van der Waals surface area contributed by atoms with Crippen LogP contribution in [0.4, 0.5) is 0 Å². The number of nitrogens with zero attached hydrogens (tertiary/aromatic N) is 1. The van der Waals surface area contributed by atoms with Gasteiger partial charge in [0.2, 0.25) is 11.8 Å². The van der Waals surface area contributed by atoms with Crippen LogP contribution in [0, 0.1) is 11.8 Å². The number of carbonyl (C=O) groups excluding carboxylic acids is 2. The fraction of sp³-hybridized carbons (Fsp3) is 0.867. The Bertz CT molecular complexity index is 361. The minimum Gasteiger partial charge on any atom is -0.342 e. The quantitative estimate of drug-likeness (QED) is 0.826. The Labute approximate surface area is 115 Å². The Morgan fingerprint density at radius 3 is 2.47 bits per heavy atom. The van der Waals surface area contributed by atoms with E-state index in [4.69, 9.17) is 0 Å². The van der Waals surface area contributed by atoms with Gasteiger partial charge in [-0.2, -0.15) is 0 Å². The minimum absolute atomic E-state index is 0.0230. The summed E-state index contributed by atoms with van der Waals surface area (Å²) in [6.07, 6.45) is 4.72. The highest BCUT2D eigenvalue weighted by atomic mass is 16.2. The summed E-state index contributed by atoms with van der Waals surface area (Å²) in [7, 11) is 0. The van der Waals surface area contributed by atoms with Gasteiger partial charge in [-0.05, 0) is 31.6 Å². The van der Waals surface area contributed by atoms with Gasteiger partial charge in [0.25, 0.3) is 0 Å². The molecule has 4 nitrogen and oxygen atoms in total. The first kappa shape index (κ1) is 14.4. The van der Waals surface area contributed by atoms with Crippen LogP contribution in [0.15, 0.2) is 0 Å². The lowest BCUT2D eigenvalue weighted by Gasteiger charge is -2.33. The molecule has 4 heteroatoms. The van der Waals surface area contributed by atoms with Crippen LogP contribution in [-0.2, 0) is 9.59 Å². The maximum absolute atomic E-state index is 12.8. The van der Waals surface area contributed by atoms with Crippen molar-refractivity contribution < 1.29 is 9.59 Å².